The molecule has 1 atom stereocenters. The Hall–Kier alpha value is -2.31. The van der Waals surface area contributed by atoms with Crippen molar-refractivity contribution in [3.8, 4) is 0 Å². The van der Waals surface area contributed by atoms with Gasteiger partial charge in [0.15, 0.2) is 6.10 Å². The van der Waals surface area contributed by atoms with Gasteiger partial charge in [-0.2, -0.15) is 0 Å². The Labute approximate surface area is 160 Å². The van der Waals surface area contributed by atoms with Crippen LogP contribution in [0.5, 0.6) is 0 Å². The van der Waals surface area contributed by atoms with Crippen LogP contribution in [-0.4, -0.2) is 35.9 Å². The van der Waals surface area contributed by atoms with Crippen molar-refractivity contribution in [2.24, 2.45) is 0 Å². The standard InChI is InChI=1S/C18H17Cl2NO5/c1-8-14(18(24)25-4)9(2)21-15(8)16(22)10(3)26-17(23)12-7-11(19)5-6-13(12)20/h5-7,10,21H,1-4H3. The van der Waals surface area contributed by atoms with Crippen LogP contribution in [0.3, 0.4) is 0 Å². The number of esters is 2. The molecule has 8 heteroatoms. The molecule has 1 aromatic heterocycles. The van der Waals surface area contributed by atoms with Crippen LogP contribution in [0.25, 0.3) is 0 Å². The van der Waals surface area contributed by atoms with Gasteiger partial charge in [0.25, 0.3) is 0 Å². The predicted octanol–water partition coefficient (Wildman–Crippen LogP) is 4.15. The van der Waals surface area contributed by atoms with Crippen molar-refractivity contribution >= 4 is 40.9 Å². The molecule has 2 aromatic rings. The van der Waals surface area contributed by atoms with Gasteiger partial charge < -0.3 is 14.5 Å². The third-order valence-electron chi connectivity index (χ3n) is 3.87. The second-order valence-electron chi connectivity index (χ2n) is 5.65. The number of aromatic nitrogens is 1. The number of aryl methyl sites for hydroxylation is 1. The van der Waals surface area contributed by atoms with E-state index in [9.17, 15) is 14.4 Å². The number of carbonyl (C=O) groups excluding carboxylic acids is 3. The molecule has 1 heterocycles. The van der Waals surface area contributed by atoms with Gasteiger partial charge in [0.2, 0.25) is 5.78 Å². The SMILES string of the molecule is COC(=O)c1c(C)[nH]c(C(=O)C(C)OC(=O)c2cc(Cl)ccc2Cl)c1C. The number of hydrogen-bond acceptors (Lipinski definition) is 5. The number of ketones is 1. The summed E-state index contributed by atoms with van der Waals surface area (Å²) >= 11 is 11.8. The van der Waals surface area contributed by atoms with Crippen molar-refractivity contribution in [2.45, 2.75) is 26.9 Å². The van der Waals surface area contributed by atoms with Crippen molar-refractivity contribution in [1.29, 1.82) is 0 Å². The number of aromatic amines is 1. The Bertz CT molecular complexity index is 888. The average molecular weight is 398 g/mol. The van der Waals surface area contributed by atoms with Gasteiger partial charge in [-0.1, -0.05) is 23.2 Å². The van der Waals surface area contributed by atoms with Crippen LogP contribution in [-0.2, 0) is 9.47 Å². The number of halogens is 2. The van der Waals surface area contributed by atoms with Gasteiger partial charge in [-0.3, -0.25) is 4.79 Å². The summed E-state index contributed by atoms with van der Waals surface area (Å²) in [4.78, 5) is 39.6. The van der Waals surface area contributed by atoms with Gasteiger partial charge >= 0.3 is 11.9 Å². The highest BCUT2D eigenvalue weighted by atomic mass is 35.5. The number of H-pyrrole nitrogens is 1. The van der Waals surface area contributed by atoms with E-state index in [0.29, 0.717) is 16.3 Å². The molecule has 0 saturated heterocycles. The number of rotatable bonds is 5. The molecule has 1 aromatic carbocycles. The van der Waals surface area contributed by atoms with Crippen LogP contribution in [0.4, 0.5) is 0 Å². The molecule has 26 heavy (non-hydrogen) atoms. The predicted molar refractivity (Wildman–Crippen MR) is 97.3 cm³/mol. The highest BCUT2D eigenvalue weighted by molar-refractivity contribution is 6.35. The molecule has 0 saturated carbocycles. The van der Waals surface area contributed by atoms with Gasteiger partial charge in [0.1, 0.15) is 0 Å². The third-order valence-corrected chi connectivity index (χ3v) is 4.44. The summed E-state index contributed by atoms with van der Waals surface area (Å²) in [6, 6.07) is 4.37. The molecule has 2 rings (SSSR count). The number of benzene rings is 1. The summed E-state index contributed by atoms with van der Waals surface area (Å²) in [7, 11) is 1.26. The molecule has 0 spiro atoms. The third kappa shape index (κ3) is 3.92. The zero-order valence-electron chi connectivity index (χ0n) is 14.6. The van der Waals surface area contributed by atoms with Crippen molar-refractivity contribution < 1.29 is 23.9 Å². The molecule has 0 aliphatic rings. The van der Waals surface area contributed by atoms with Crippen LogP contribution >= 0.6 is 23.2 Å². The van der Waals surface area contributed by atoms with Crippen LogP contribution in [0, 0.1) is 13.8 Å². The Kier molecular flexibility index (Phi) is 6.10. The summed E-state index contributed by atoms with van der Waals surface area (Å²) in [5.74, 6) is -1.80. The fourth-order valence-corrected chi connectivity index (χ4v) is 2.91. The van der Waals surface area contributed by atoms with E-state index in [-0.39, 0.29) is 21.8 Å². The first-order valence-electron chi connectivity index (χ1n) is 7.65. The molecule has 0 aliphatic carbocycles. The summed E-state index contributed by atoms with van der Waals surface area (Å²) < 4.78 is 9.93. The number of hydrogen-bond donors (Lipinski definition) is 1. The van der Waals surface area contributed by atoms with E-state index in [2.05, 4.69) is 4.98 Å². The Morgan fingerprint density at radius 2 is 1.77 bits per heavy atom. The molecule has 0 amide bonds. The van der Waals surface area contributed by atoms with Gasteiger partial charge in [-0.15, -0.1) is 0 Å². The zero-order valence-corrected chi connectivity index (χ0v) is 16.1. The van der Waals surface area contributed by atoms with Crippen LogP contribution < -0.4 is 0 Å². The minimum atomic E-state index is -1.10. The van der Waals surface area contributed by atoms with E-state index in [4.69, 9.17) is 32.7 Å². The fourth-order valence-electron chi connectivity index (χ4n) is 2.54. The summed E-state index contributed by atoms with van der Waals surface area (Å²) in [6.45, 7) is 4.70. The molecule has 0 bridgehead atoms. The Morgan fingerprint density at radius 1 is 1.12 bits per heavy atom. The molecular weight excluding hydrogens is 381 g/mol. The summed E-state index contributed by atoms with van der Waals surface area (Å²) in [5, 5.41) is 0.484. The average Bonchev–Trinajstić information content (AvgIpc) is 2.89. The van der Waals surface area contributed by atoms with Gasteiger partial charge in [0, 0.05) is 10.7 Å². The Balaban J connectivity index is 2.24. The molecule has 6 nitrogen and oxygen atoms in total. The zero-order chi connectivity index (χ0) is 19.6. The van der Waals surface area contributed by atoms with Crippen LogP contribution in [0.1, 0.15) is 49.4 Å². The molecular formula is C18H17Cl2NO5. The monoisotopic (exact) mass is 397 g/mol. The lowest BCUT2D eigenvalue weighted by molar-refractivity contribution is 0.0317. The van der Waals surface area contributed by atoms with E-state index in [1.165, 1.54) is 32.2 Å². The topological polar surface area (TPSA) is 85.5 Å². The lowest BCUT2D eigenvalue weighted by Gasteiger charge is -2.13. The van der Waals surface area contributed by atoms with Gasteiger partial charge in [-0.25, -0.2) is 9.59 Å². The second kappa shape index (κ2) is 7.93. The quantitative estimate of drug-likeness (QED) is 0.604. The molecule has 0 aliphatic heterocycles. The fraction of sp³-hybridized carbons (Fsp3) is 0.278. The highest BCUT2D eigenvalue weighted by Gasteiger charge is 2.28. The van der Waals surface area contributed by atoms with Crippen LogP contribution in [0.15, 0.2) is 18.2 Å². The first-order valence-corrected chi connectivity index (χ1v) is 8.40. The number of Topliss-reactive ketones (excluding diaryl/α,β-unsaturated/α-hetero) is 1. The lowest BCUT2D eigenvalue weighted by Crippen LogP contribution is -2.25. The van der Waals surface area contributed by atoms with Gasteiger partial charge in [0.05, 0.1) is 29.0 Å². The summed E-state index contributed by atoms with van der Waals surface area (Å²) in [6.07, 6.45) is -1.10. The maximum Gasteiger partial charge on any atom is 0.340 e. The van der Waals surface area contributed by atoms with Crippen molar-refractivity contribution in [2.75, 3.05) is 7.11 Å². The summed E-state index contributed by atoms with van der Waals surface area (Å²) in [5.41, 5.74) is 1.46. The maximum atomic E-state index is 12.6. The molecule has 0 radical (unpaired) electrons. The number of nitrogens with one attached hydrogen (secondary N) is 1. The van der Waals surface area contributed by atoms with E-state index in [1.807, 2.05) is 0 Å². The van der Waals surface area contributed by atoms with Crippen molar-refractivity contribution in [1.82, 2.24) is 4.98 Å². The van der Waals surface area contributed by atoms with Crippen LogP contribution in [0.2, 0.25) is 10.0 Å². The first-order chi connectivity index (χ1) is 12.2. The number of methoxy groups -OCH3 is 1. The molecule has 1 unspecified atom stereocenters. The molecule has 138 valence electrons. The van der Waals surface area contributed by atoms with E-state index in [0.717, 1.165) is 0 Å². The normalized spacial score (nSPS) is 11.8. The second-order valence-corrected chi connectivity index (χ2v) is 6.50. The Morgan fingerprint density at radius 3 is 2.38 bits per heavy atom. The van der Waals surface area contributed by atoms with Crippen molar-refractivity contribution in [3.05, 3.63) is 56.3 Å². The van der Waals surface area contributed by atoms with E-state index >= 15 is 0 Å². The van der Waals surface area contributed by atoms with E-state index < -0.39 is 23.8 Å². The minimum absolute atomic E-state index is 0.0634. The number of ether oxygens (including phenoxy) is 2. The van der Waals surface area contributed by atoms with Crippen molar-refractivity contribution in [3.63, 3.8) is 0 Å². The smallest absolute Gasteiger partial charge is 0.340 e. The first kappa shape index (κ1) is 20.0. The van der Waals surface area contributed by atoms with Gasteiger partial charge in [-0.05, 0) is 44.5 Å². The van der Waals surface area contributed by atoms with E-state index in [1.54, 1.807) is 13.8 Å². The lowest BCUT2D eigenvalue weighted by atomic mass is 10.1. The number of carbonyl (C=O) groups is 3. The minimum Gasteiger partial charge on any atom is -0.465 e. The highest BCUT2D eigenvalue weighted by Crippen LogP contribution is 2.24. The molecule has 1 N–H and O–H groups in total. The molecule has 0 fully saturated rings. The maximum absolute atomic E-state index is 12.6. The largest absolute Gasteiger partial charge is 0.465 e.